The smallest absolute Gasteiger partial charge is 0.266 e. The van der Waals surface area contributed by atoms with Crippen LogP contribution < -0.4 is 16.0 Å². The number of phenolic OH excluding ortho intramolecular Hbond substituents is 1. The highest BCUT2D eigenvalue weighted by Gasteiger charge is 2.16. The van der Waals surface area contributed by atoms with Gasteiger partial charge in [0.05, 0.1) is 4.90 Å². The molecule has 0 radical (unpaired) electrons. The summed E-state index contributed by atoms with van der Waals surface area (Å²) in [7, 11) is -4.00. The molecule has 8 nitrogen and oxygen atoms in total. The van der Waals surface area contributed by atoms with Crippen LogP contribution in [0.4, 0.5) is 0 Å². The third-order valence-corrected chi connectivity index (χ3v) is 4.14. The highest BCUT2D eigenvalue weighted by atomic mass is 32.2. The minimum Gasteiger partial charge on any atom is -0.508 e. The van der Waals surface area contributed by atoms with Crippen molar-refractivity contribution in [3.63, 3.8) is 0 Å². The molecule has 120 valence electrons. The predicted molar refractivity (Wildman–Crippen MR) is 80.9 cm³/mol. The number of phenols is 1. The fourth-order valence-electron chi connectivity index (χ4n) is 1.66. The Morgan fingerprint density at radius 1 is 0.913 bits per heavy atom. The molecule has 2 rings (SSSR count). The van der Waals surface area contributed by atoms with E-state index >= 15 is 0 Å². The molecule has 2 aromatic rings. The van der Waals surface area contributed by atoms with Gasteiger partial charge in [0.1, 0.15) is 5.75 Å². The first-order chi connectivity index (χ1) is 10.8. The molecule has 23 heavy (non-hydrogen) atoms. The van der Waals surface area contributed by atoms with Crippen molar-refractivity contribution in [2.24, 2.45) is 5.73 Å². The molecule has 0 saturated carbocycles. The number of amides is 2. The van der Waals surface area contributed by atoms with Gasteiger partial charge in [-0.1, -0.05) is 0 Å². The number of carbonyl (C=O) groups is 2. The second-order valence-electron chi connectivity index (χ2n) is 4.50. The van der Waals surface area contributed by atoms with Crippen LogP contribution in [0, 0.1) is 0 Å². The molecule has 0 unspecified atom stereocenters. The maximum absolute atomic E-state index is 12.0. The van der Waals surface area contributed by atoms with E-state index in [-0.39, 0.29) is 21.8 Å². The van der Waals surface area contributed by atoms with Crippen LogP contribution in [0.25, 0.3) is 0 Å². The standard InChI is InChI=1S/C14H13N3O5S/c15-13(19)9-3-7-12(8-4-9)23(21,22)17-16-14(20)10-1-5-11(18)6-2-10/h1-8,17-18H,(H2,15,19)(H,16,20). The lowest BCUT2D eigenvalue weighted by Gasteiger charge is -2.09. The number of sulfonamides is 1. The molecule has 0 fully saturated rings. The van der Waals surface area contributed by atoms with E-state index in [2.05, 4.69) is 0 Å². The Morgan fingerprint density at radius 2 is 1.43 bits per heavy atom. The summed E-state index contributed by atoms with van der Waals surface area (Å²) in [5.41, 5.74) is 7.44. The fourth-order valence-corrected chi connectivity index (χ4v) is 2.50. The SMILES string of the molecule is NC(=O)c1ccc(S(=O)(=O)NNC(=O)c2ccc(O)cc2)cc1. The minimum atomic E-state index is -4.00. The highest BCUT2D eigenvalue weighted by Crippen LogP contribution is 2.11. The molecule has 0 aliphatic carbocycles. The lowest BCUT2D eigenvalue weighted by atomic mass is 10.2. The summed E-state index contributed by atoms with van der Waals surface area (Å²) in [5, 5.41) is 9.13. The van der Waals surface area contributed by atoms with Crippen LogP contribution in [0.3, 0.4) is 0 Å². The van der Waals surface area contributed by atoms with Crippen molar-refractivity contribution in [3.8, 4) is 5.75 Å². The molecule has 0 saturated heterocycles. The second kappa shape index (κ2) is 6.46. The average Bonchev–Trinajstić information content (AvgIpc) is 2.53. The Labute approximate surface area is 132 Å². The number of carbonyl (C=O) groups excluding carboxylic acids is 2. The van der Waals surface area contributed by atoms with Crippen molar-refractivity contribution >= 4 is 21.8 Å². The molecule has 0 aliphatic rings. The Hall–Kier alpha value is -2.91. The zero-order chi connectivity index (χ0) is 17.0. The zero-order valence-electron chi connectivity index (χ0n) is 11.7. The number of hydrogen-bond acceptors (Lipinski definition) is 5. The predicted octanol–water partition coefficient (Wildman–Crippen LogP) is 0.114. The van der Waals surface area contributed by atoms with Gasteiger partial charge in [-0.05, 0) is 48.5 Å². The number of nitrogens with two attached hydrogens (primary N) is 1. The van der Waals surface area contributed by atoms with Crippen molar-refractivity contribution in [2.45, 2.75) is 4.90 Å². The first-order valence-electron chi connectivity index (χ1n) is 6.30. The van der Waals surface area contributed by atoms with E-state index in [9.17, 15) is 18.0 Å². The average molecular weight is 335 g/mol. The molecular formula is C14H13N3O5S. The van der Waals surface area contributed by atoms with Gasteiger partial charge in [0.15, 0.2) is 0 Å². The summed E-state index contributed by atoms with van der Waals surface area (Å²) in [6.45, 7) is 0. The van der Waals surface area contributed by atoms with E-state index in [1.807, 2.05) is 10.3 Å². The van der Waals surface area contributed by atoms with Crippen molar-refractivity contribution in [3.05, 3.63) is 59.7 Å². The topological polar surface area (TPSA) is 139 Å². The van der Waals surface area contributed by atoms with Gasteiger partial charge in [-0.25, -0.2) is 8.42 Å². The van der Waals surface area contributed by atoms with Gasteiger partial charge >= 0.3 is 0 Å². The van der Waals surface area contributed by atoms with Crippen molar-refractivity contribution in [1.82, 2.24) is 10.3 Å². The molecule has 0 heterocycles. The number of primary amides is 1. The lowest BCUT2D eigenvalue weighted by molar-refractivity contribution is 0.0944. The van der Waals surface area contributed by atoms with Crippen LogP contribution in [0.15, 0.2) is 53.4 Å². The first-order valence-corrected chi connectivity index (χ1v) is 7.79. The fraction of sp³-hybridized carbons (Fsp3) is 0. The lowest BCUT2D eigenvalue weighted by Crippen LogP contribution is -2.41. The van der Waals surface area contributed by atoms with Gasteiger partial charge in [-0.3, -0.25) is 15.0 Å². The zero-order valence-corrected chi connectivity index (χ0v) is 12.5. The highest BCUT2D eigenvalue weighted by molar-refractivity contribution is 7.89. The number of nitrogens with one attached hydrogen (secondary N) is 2. The number of benzene rings is 2. The maximum Gasteiger partial charge on any atom is 0.266 e. The second-order valence-corrected chi connectivity index (χ2v) is 6.18. The van der Waals surface area contributed by atoms with Crippen molar-refractivity contribution in [2.75, 3.05) is 0 Å². The third kappa shape index (κ3) is 4.05. The number of aromatic hydroxyl groups is 1. The summed E-state index contributed by atoms with van der Waals surface area (Å²) in [5.74, 6) is -1.39. The molecular weight excluding hydrogens is 322 g/mol. The van der Waals surface area contributed by atoms with E-state index in [1.54, 1.807) is 0 Å². The Bertz CT molecular complexity index is 830. The molecule has 5 N–H and O–H groups in total. The number of hydrogen-bond donors (Lipinski definition) is 4. The van der Waals surface area contributed by atoms with E-state index < -0.39 is 21.8 Å². The van der Waals surface area contributed by atoms with Crippen LogP contribution in [-0.4, -0.2) is 25.3 Å². The molecule has 0 atom stereocenters. The molecule has 0 spiro atoms. The van der Waals surface area contributed by atoms with Gasteiger partial charge in [0.2, 0.25) is 5.91 Å². The molecule has 9 heteroatoms. The number of hydrazine groups is 1. The molecule has 0 aromatic heterocycles. The first kappa shape index (κ1) is 16.5. The molecule has 2 amide bonds. The minimum absolute atomic E-state index is 0.0170. The van der Waals surface area contributed by atoms with Crippen LogP contribution in [0.5, 0.6) is 5.75 Å². The van der Waals surface area contributed by atoms with Gasteiger partial charge in [-0.2, -0.15) is 0 Å². The van der Waals surface area contributed by atoms with Gasteiger partial charge in [0.25, 0.3) is 15.9 Å². The van der Waals surface area contributed by atoms with Crippen LogP contribution in [-0.2, 0) is 10.0 Å². The summed E-state index contributed by atoms with van der Waals surface area (Å²) >= 11 is 0. The quantitative estimate of drug-likeness (QED) is 0.575. The normalized spacial score (nSPS) is 11.0. The summed E-state index contributed by atoms with van der Waals surface area (Å²) in [6.07, 6.45) is 0. The van der Waals surface area contributed by atoms with Crippen LogP contribution in [0.1, 0.15) is 20.7 Å². The Morgan fingerprint density at radius 3 is 1.96 bits per heavy atom. The van der Waals surface area contributed by atoms with Gasteiger partial charge < -0.3 is 10.8 Å². The van der Waals surface area contributed by atoms with Crippen LogP contribution in [0.2, 0.25) is 0 Å². The van der Waals surface area contributed by atoms with Gasteiger partial charge in [0, 0.05) is 11.1 Å². The molecule has 0 bridgehead atoms. The summed E-state index contributed by atoms with van der Waals surface area (Å²) < 4.78 is 24.0. The largest absolute Gasteiger partial charge is 0.508 e. The third-order valence-electron chi connectivity index (χ3n) is 2.88. The molecule has 0 aliphatic heterocycles. The van der Waals surface area contributed by atoms with Crippen molar-refractivity contribution < 1.29 is 23.1 Å². The van der Waals surface area contributed by atoms with E-state index in [0.717, 1.165) is 0 Å². The van der Waals surface area contributed by atoms with Crippen molar-refractivity contribution in [1.29, 1.82) is 0 Å². The van der Waals surface area contributed by atoms with Crippen LogP contribution >= 0.6 is 0 Å². The van der Waals surface area contributed by atoms with Gasteiger partial charge in [-0.15, -0.1) is 4.83 Å². The van der Waals surface area contributed by atoms with E-state index in [0.29, 0.717) is 0 Å². The Kier molecular flexibility index (Phi) is 4.63. The van der Waals surface area contributed by atoms with E-state index in [1.165, 1.54) is 48.5 Å². The monoisotopic (exact) mass is 335 g/mol. The number of rotatable bonds is 5. The Balaban J connectivity index is 2.07. The summed E-state index contributed by atoms with van der Waals surface area (Å²) in [6, 6.07) is 10.2. The molecule has 2 aromatic carbocycles. The van der Waals surface area contributed by atoms with E-state index in [4.69, 9.17) is 10.8 Å². The summed E-state index contributed by atoms with van der Waals surface area (Å²) in [4.78, 5) is 24.5. The maximum atomic E-state index is 12.0.